The third kappa shape index (κ3) is 6.28. The molecule has 0 aromatic heterocycles. The van der Waals surface area contributed by atoms with E-state index in [1.54, 1.807) is 19.1 Å². The second-order valence-corrected chi connectivity index (χ2v) is 8.73. The topological polar surface area (TPSA) is 103 Å². The third-order valence-corrected chi connectivity index (χ3v) is 5.53. The normalized spacial score (nSPS) is 12.2. The zero-order chi connectivity index (χ0) is 22.3. The van der Waals surface area contributed by atoms with Crippen LogP contribution in [0.2, 0.25) is 0 Å². The molecule has 8 nitrogen and oxygen atoms in total. The highest BCUT2D eigenvalue weighted by atomic mass is 32.2. The summed E-state index contributed by atoms with van der Waals surface area (Å²) in [7, 11) is -0.847. The molecule has 2 rings (SSSR count). The minimum Gasteiger partial charge on any atom is -0.493 e. The summed E-state index contributed by atoms with van der Waals surface area (Å²) in [6, 6.07) is 10.6. The van der Waals surface area contributed by atoms with E-state index in [-0.39, 0.29) is 10.8 Å². The van der Waals surface area contributed by atoms with Gasteiger partial charge in [-0.3, -0.25) is 9.52 Å². The van der Waals surface area contributed by atoms with Crippen molar-refractivity contribution < 1.29 is 27.4 Å². The van der Waals surface area contributed by atoms with Crippen LogP contribution in [0.5, 0.6) is 17.2 Å². The average Bonchev–Trinajstić information content (AvgIpc) is 2.71. The summed E-state index contributed by atoms with van der Waals surface area (Å²) in [5.74, 6) is 1.41. The van der Waals surface area contributed by atoms with Gasteiger partial charge in [-0.2, -0.15) is 0 Å². The van der Waals surface area contributed by atoms with E-state index in [1.807, 2.05) is 13.8 Å². The zero-order valence-electron chi connectivity index (χ0n) is 17.8. The number of hydrogen-bond donors (Lipinski definition) is 2. The summed E-state index contributed by atoms with van der Waals surface area (Å²) in [6.45, 7) is 6.20. The molecular formula is C21H28N2O6S. The fourth-order valence-corrected chi connectivity index (χ4v) is 3.57. The Hall–Kier alpha value is -2.94. The van der Waals surface area contributed by atoms with Crippen LogP contribution in [0.4, 0.5) is 5.69 Å². The molecule has 1 amide bonds. The van der Waals surface area contributed by atoms with Crippen LogP contribution in [0.25, 0.3) is 0 Å². The lowest BCUT2D eigenvalue weighted by atomic mass is 10.2. The first kappa shape index (κ1) is 23.3. The highest BCUT2D eigenvalue weighted by Gasteiger charge is 2.18. The molecule has 30 heavy (non-hydrogen) atoms. The Morgan fingerprint density at radius 1 is 0.967 bits per heavy atom. The second kappa shape index (κ2) is 10.2. The highest BCUT2D eigenvalue weighted by Crippen LogP contribution is 2.31. The van der Waals surface area contributed by atoms with Crippen LogP contribution in [0.1, 0.15) is 20.8 Å². The number of benzene rings is 2. The van der Waals surface area contributed by atoms with Crippen LogP contribution >= 0.6 is 0 Å². The first-order valence-electron chi connectivity index (χ1n) is 9.45. The van der Waals surface area contributed by atoms with E-state index in [0.717, 1.165) is 0 Å². The molecular weight excluding hydrogens is 408 g/mol. The number of methoxy groups -OCH3 is 2. The molecule has 9 heteroatoms. The third-order valence-electron chi connectivity index (χ3n) is 4.14. The Kier molecular flexibility index (Phi) is 7.93. The average molecular weight is 437 g/mol. The monoisotopic (exact) mass is 436 g/mol. The van der Waals surface area contributed by atoms with E-state index in [4.69, 9.17) is 14.2 Å². The summed E-state index contributed by atoms with van der Waals surface area (Å²) < 4.78 is 43.7. The van der Waals surface area contributed by atoms with Gasteiger partial charge in [-0.25, -0.2) is 8.42 Å². The number of hydrogen-bond acceptors (Lipinski definition) is 6. The predicted octanol–water partition coefficient (Wildman–Crippen LogP) is 3.04. The van der Waals surface area contributed by atoms with Crippen molar-refractivity contribution in [3.63, 3.8) is 0 Å². The Morgan fingerprint density at radius 2 is 1.60 bits per heavy atom. The molecule has 0 bridgehead atoms. The lowest BCUT2D eigenvalue weighted by Crippen LogP contribution is -2.38. The Morgan fingerprint density at radius 3 is 2.17 bits per heavy atom. The first-order valence-corrected chi connectivity index (χ1v) is 10.9. The molecule has 2 N–H and O–H groups in total. The Bertz CT molecular complexity index is 958. The lowest BCUT2D eigenvalue weighted by molar-refractivity contribution is -0.127. The molecule has 0 aliphatic heterocycles. The van der Waals surface area contributed by atoms with E-state index in [0.29, 0.717) is 35.4 Å². The minimum absolute atomic E-state index is 0.0570. The van der Waals surface area contributed by atoms with Gasteiger partial charge in [0.2, 0.25) is 0 Å². The number of ether oxygens (including phenoxy) is 3. The van der Waals surface area contributed by atoms with Crippen molar-refractivity contribution >= 4 is 21.6 Å². The van der Waals surface area contributed by atoms with E-state index >= 15 is 0 Å². The van der Waals surface area contributed by atoms with Gasteiger partial charge in [-0.05, 0) is 49.2 Å². The summed E-state index contributed by atoms with van der Waals surface area (Å²) >= 11 is 0. The quantitative estimate of drug-likeness (QED) is 0.593. The highest BCUT2D eigenvalue weighted by molar-refractivity contribution is 7.92. The van der Waals surface area contributed by atoms with Crippen molar-refractivity contribution in [3.8, 4) is 17.2 Å². The number of anilines is 1. The molecule has 2 aromatic rings. The lowest BCUT2D eigenvalue weighted by Gasteiger charge is -2.16. The van der Waals surface area contributed by atoms with Crippen LogP contribution in [0, 0.1) is 5.92 Å². The summed E-state index contributed by atoms with van der Waals surface area (Å²) in [5.41, 5.74) is 0.337. The van der Waals surface area contributed by atoms with Crippen molar-refractivity contribution in [1.29, 1.82) is 0 Å². The molecule has 0 aliphatic carbocycles. The number of rotatable bonds is 10. The zero-order valence-corrected chi connectivity index (χ0v) is 18.6. The maximum absolute atomic E-state index is 12.7. The van der Waals surface area contributed by atoms with E-state index in [1.165, 1.54) is 44.6 Å². The van der Waals surface area contributed by atoms with Crippen molar-refractivity contribution in [1.82, 2.24) is 5.32 Å². The second-order valence-electron chi connectivity index (χ2n) is 7.05. The molecule has 0 radical (unpaired) electrons. The molecule has 1 atom stereocenters. The van der Waals surface area contributed by atoms with Crippen molar-refractivity contribution in [3.05, 3.63) is 42.5 Å². The van der Waals surface area contributed by atoms with E-state index in [2.05, 4.69) is 10.0 Å². The predicted molar refractivity (Wildman–Crippen MR) is 115 cm³/mol. The van der Waals surface area contributed by atoms with Crippen LogP contribution in [0.15, 0.2) is 47.4 Å². The van der Waals surface area contributed by atoms with Gasteiger partial charge in [-0.1, -0.05) is 13.8 Å². The fourth-order valence-electron chi connectivity index (χ4n) is 2.52. The molecule has 0 heterocycles. The molecule has 0 saturated carbocycles. The van der Waals surface area contributed by atoms with Crippen molar-refractivity contribution in [2.75, 3.05) is 25.5 Å². The number of nitrogens with one attached hydrogen (secondary N) is 2. The Balaban J connectivity index is 2.06. The molecule has 0 saturated heterocycles. The van der Waals surface area contributed by atoms with E-state index in [9.17, 15) is 13.2 Å². The standard InChI is InChI=1S/C21H28N2O6S/c1-14(2)13-22-21(24)15(3)29-17-7-9-18(10-8-17)30(25,26)23-16-6-11-19(27-4)20(12-16)28-5/h6-12,14-15,23H,13H2,1-5H3,(H,22,24)/t15-/m0/s1. The number of amides is 1. The molecule has 0 aliphatic rings. The number of carbonyl (C=O) groups excluding carboxylic acids is 1. The number of carbonyl (C=O) groups is 1. The molecule has 0 fully saturated rings. The van der Waals surface area contributed by atoms with Gasteiger partial charge in [-0.15, -0.1) is 0 Å². The van der Waals surface area contributed by atoms with Crippen LogP contribution in [0.3, 0.4) is 0 Å². The molecule has 164 valence electrons. The maximum Gasteiger partial charge on any atom is 0.261 e. The van der Waals surface area contributed by atoms with Gasteiger partial charge in [0.05, 0.1) is 24.8 Å². The van der Waals surface area contributed by atoms with Gasteiger partial charge in [0.25, 0.3) is 15.9 Å². The summed E-state index contributed by atoms with van der Waals surface area (Å²) in [5, 5.41) is 2.79. The van der Waals surface area contributed by atoms with Crippen LogP contribution in [-0.2, 0) is 14.8 Å². The van der Waals surface area contributed by atoms with E-state index < -0.39 is 16.1 Å². The van der Waals surface area contributed by atoms with Gasteiger partial charge >= 0.3 is 0 Å². The molecule has 2 aromatic carbocycles. The van der Waals surface area contributed by atoms with Gasteiger partial charge in [0.15, 0.2) is 17.6 Å². The van der Waals surface area contributed by atoms with Crippen LogP contribution in [-0.4, -0.2) is 41.2 Å². The molecule has 0 unspecified atom stereocenters. The summed E-state index contributed by atoms with van der Waals surface area (Å²) in [4.78, 5) is 12.1. The smallest absolute Gasteiger partial charge is 0.261 e. The van der Waals surface area contributed by atoms with Gasteiger partial charge < -0.3 is 19.5 Å². The minimum atomic E-state index is -3.82. The maximum atomic E-state index is 12.7. The largest absolute Gasteiger partial charge is 0.493 e. The van der Waals surface area contributed by atoms with Gasteiger partial charge in [0.1, 0.15) is 5.75 Å². The first-order chi connectivity index (χ1) is 14.2. The fraction of sp³-hybridized carbons (Fsp3) is 0.381. The Labute approximate surface area is 177 Å². The van der Waals surface area contributed by atoms with Gasteiger partial charge in [0, 0.05) is 12.6 Å². The SMILES string of the molecule is COc1ccc(NS(=O)(=O)c2ccc(O[C@@H](C)C(=O)NCC(C)C)cc2)cc1OC. The number of sulfonamides is 1. The van der Waals surface area contributed by atoms with Crippen LogP contribution < -0.4 is 24.2 Å². The van der Waals surface area contributed by atoms with Crippen molar-refractivity contribution in [2.45, 2.75) is 31.8 Å². The molecule has 0 spiro atoms. The summed E-state index contributed by atoms with van der Waals surface area (Å²) in [6.07, 6.45) is -0.698. The van der Waals surface area contributed by atoms with Crippen molar-refractivity contribution in [2.24, 2.45) is 5.92 Å².